The molecule has 0 aliphatic heterocycles. The first-order chi connectivity index (χ1) is 7.20. The van der Waals surface area contributed by atoms with Gasteiger partial charge in [-0.2, -0.15) is 0 Å². The average molecular weight is 224 g/mol. The van der Waals surface area contributed by atoms with Crippen LogP contribution in [-0.2, 0) is 13.0 Å². The summed E-state index contributed by atoms with van der Waals surface area (Å²) in [6, 6.07) is 0. The summed E-state index contributed by atoms with van der Waals surface area (Å²) in [5.74, 6) is 1.51. The average Bonchev–Trinajstić information content (AvgIpc) is 2.96. The molecule has 15 heavy (non-hydrogen) atoms. The molecule has 0 spiro atoms. The van der Waals surface area contributed by atoms with Gasteiger partial charge in [0.2, 0.25) is 0 Å². The predicted octanol–water partition coefficient (Wildman–Crippen LogP) is 3.07. The van der Waals surface area contributed by atoms with Crippen LogP contribution in [0.15, 0.2) is 0 Å². The van der Waals surface area contributed by atoms with Gasteiger partial charge < -0.3 is 5.73 Å². The highest BCUT2D eigenvalue weighted by Gasteiger charge is 2.28. The Kier molecular flexibility index (Phi) is 3.42. The fraction of sp³-hybridized carbons (Fsp3) is 0.750. The standard InChI is InChI=1S/C12H20N2S/c1-8(2)3-6-11-14-12(9-4-5-9)10(7-13)15-11/h8-9H,3-7,13H2,1-2H3. The number of rotatable bonds is 5. The maximum absolute atomic E-state index is 5.76. The van der Waals surface area contributed by atoms with Gasteiger partial charge in [-0.05, 0) is 31.6 Å². The monoisotopic (exact) mass is 224 g/mol. The van der Waals surface area contributed by atoms with Crippen molar-refractivity contribution in [1.29, 1.82) is 0 Å². The quantitative estimate of drug-likeness (QED) is 0.835. The fourth-order valence-corrected chi connectivity index (χ4v) is 2.80. The summed E-state index contributed by atoms with van der Waals surface area (Å²) in [7, 11) is 0. The van der Waals surface area contributed by atoms with Crippen molar-refractivity contribution in [3.05, 3.63) is 15.6 Å². The van der Waals surface area contributed by atoms with E-state index in [2.05, 4.69) is 13.8 Å². The van der Waals surface area contributed by atoms with E-state index >= 15 is 0 Å². The topological polar surface area (TPSA) is 38.9 Å². The third-order valence-electron chi connectivity index (χ3n) is 2.86. The second-order valence-corrected chi connectivity index (χ2v) is 6.00. The zero-order valence-electron chi connectivity index (χ0n) is 9.62. The molecule has 1 heterocycles. The molecule has 1 saturated carbocycles. The smallest absolute Gasteiger partial charge is 0.0931 e. The molecule has 0 saturated heterocycles. The first-order valence-corrected chi connectivity index (χ1v) is 6.71. The molecular weight excluding hydrogens is 204 g/mol. The minimum Gasteiger partial charge on any atom is -0.326 e. The van der Waals surface area contributed by atoms with E-state index in [-0.39, 0.29) is 0 Å². The van der Waals surface area contributed by atoms with Crippen molar-refractivity contribution in [2.75, 3.05) is 0 Å². The molecule has 84 valence electrons. The number of aromatic nitrogens is 1. The van der Waals surface area contributed by atoms with Crippen LogP contribution in [0.1, 0.15) is 54.6 Å². The van der Waals surface area contributed by atoms with E-state index in [1.807, 2.05) is 11.3 Å². The number of hydrogen-bond donors (Lipinski definition) is 1. The van der Waals surface area contributed by atoms with Crippen LogP contribution in [-0.4, -0.2) is 4.98 Å². The molecule has 1 aliphatic carbocycles. The Morgan fingerprint density at radius 1 is 1.47 bits per heavy atom. The van der Waals surface area contributed by atoms with E-state index in [0.717, 1.165) is 18.3 Å². The Hall–Kier alpha value is -0.410. The van der Waals surface area contributed by atoms with Gasteiger partial charge in [0, 0.05) is 17.3 Å². The van der Waals surface area contributed by atoms with Crippen LogP contribution in [0.5, 0.6) is 0 Å². The number of nitrogens with zero attached hydrogens (tertiary/aromatic N) is 1. The molecule has 2 nitrogen and oxygen atoms in total. The van der Waals surface area contributed by atoms with Gasteiger partial charge in [0.1, 0.15) is 0 Å². The number of nitrogens with two attached hydrogens (primary N) is 1. The van der Waals surface area contributed by atoms with E-state index in [1.165, 1.54) is 34.8 Å². The first kappa shape index (κ1) is 11.1. The molecule has 0 amide bonds. The summed E-state index contributed by atoms with van der Waals surface area (Å²) < 4.78 is 0. The maximum atomic E-state index is 5.76. The molecule has 0 unspecified atom stereocenters. The highest BCUT2D eigenvalue weighted by Crippen LogP contribution is 2.42. The zero-order valence-corrected chi connectivity index (χ0v) is 10.4. The molecular formula is C12H20N2S. The zero-order chi connectivity index (χ0) is 10.8. The van der Waals surface area contributed by atoms with Crippen LogP contribution in [0.25, 0.3) is 0 Å². The predicted molar refractivity (Wildman–Crippen MR) is 65.1 cm³/mol. The third-order valence-corrected chi connectivity index (χ3v) is 4.01. The molecule has 2 rings (SSSR count). The molecule has 0 radical (unpaired) electrons. The van der Waals surface area contributed by atoms with Crippen LogP contribution >= 0.6 is 11.3 Å². The Morgan fingerprint density at radius 2 is 2.20 bits per heavy atom. The normalized spacial score (nSPS) is 16.3. The molecule has 0 aromatic carbocycles. The second-order valence-electron chi connectivity index (χ2n) is 4.83. The molecule has 1 aromatic rings. The SMILES string of the molecule is CC(C)CCc1nc(C2CC2)c(CN)s1. The second kappa shape index (κ2) is 4.62. The number of thiazole rings is 1. The highest BCUT2D eigenvalue weighted by atomic mass is 32.1. The van der Waals surface area contributed by atoms with Crippen molar-refractivity contribution < 1.29 is 0 Å². The minimum atomic E-state index is 0.672. The largest absolute Gasteiger partial charge is 0.326 e. The van der Waals surface area contributed by atoms with Gasteiger partial charge in [-0.3, -0.25) is 0 Å². The number of aryl methyl sites for hydroxylation is 1. The van der Waals surface area contributed by atoms with Gasteiger partial charge in [-0.15, -0.1) is 11.3 Å². The van der Waals surface area contributed by atoms with Gasteiger partial charge >= 0.3 is 0 Å². The lowest BCUT2D eigenvalue weighted by Gasteiger charge is -2.00. The first-order valence-electron chi connectivity index (χ1n) is 5.89. The Morgan fingerprint density at radius 3 is 2.73 bits per heavy atom. The van der Waals surface area contributed by atoms with Crippen LogP contribution in [0.4, 0.5) is 0 Å². The van der Waals surface area contributed by atoms with Gasteiger partial charge in [-0.25, -0.2) is 4.98 Å². The highest BCUT2D eigenvalue weighted by molar-refractivity contribution is 7.11. The van der Waals surface area contributed by atoms with Crippen LogP contribution in [0.2, 0.25) is 0 Å². The van der Waals surface area contributed by atoms with Gasteiger partial charge in [0.25, 0.3) is 0 Å². The Labute approximate surface area is 95.9 Å². The van der Waals surface area contributed by atoms with Crippen molar-refractivity contribution in [3.63, 3.8) is 0 Å². The Balaban J connectivity index is 2.05. The van der Waals surface area contributed by atoms with E-state index in [9.17, 15) is 0 Å². The summed E-state index contributed by atoms with van der Waals surface area (Å²) >= 11 is 1.83. The molecule has 3 heteroatoms. The van der Waals surface area contributed by atoms with Crippen LogP contribution in [0, 0.1) is 5.92 Å². The number of hydrogen-bond acceptors (Lipinski definition) is 3. The summed E-state index contributed by atoms with van der Waals surface area (Å²) in [6.07, 6.45) is 5.00. The van der Waals surface area contributed by atoms with E-state index < -0.39 is 0 Å². The molecule has 2 N–H and O–H groups in total. The van der Waals surface area contributed by atoms with Gasteiger partial charge in [-0.1, -0.05) is 13.8 Å². The lowest BCUT2D eigenvalue weighted by atomic mass is 10.1. The molecule has 0 bridgehead atoms. The summed E-state index contributed by atoms with van der Waals surface area (Å²) in [6.45, 7) is 5.20. The minimum absolute atomic E-state index is 0.672. The lowest BCUT2D eigenvalue weighted by molar-refractivity contribution is 0.585. The lowest BCUT2D eigenvalue weighted by Crippen LogP contribution is -1.97. The third kappa shape index (κ3) is 2.79. The molecule has 1 fully saturated rings. The van der Waals surface area contributed by atoms with Crippen molar-refractivity contribution in [3.8, 4) is 0 Å². The fourth-order valence-electron chi connectivity index (χ4n) is 1.76. The van der Waals surface area contributed by atoms with E-state index in [1.54, 1.807) is 0 Å². The van der Waals surface area contributed by atoms with E-state index in [4.69, 9.17) is 10.7 Å². The van der Waals surface area contributed by atoms with Crippen molar-refractivity contribution in [2.24, 2.45) is 11.7 Å². The summed E-state index contributed by atoms with van der Waals surface area (Å²) in [4.78, 5) is 6.08. The van der Waals surface area contributed by atoms with Crippen LogP contribution < -0.4 is 5.73 Å². The van der Waals surface area contributed by atoms with Gasteiger partial charge in [0.15, 0.2) is 0 Å². The van der Waals surface area contributed by atoms with Crippen LogP contribution in [0.3, 0.4) is 0 Å². The molecule has 0 atom stereocenters. The van der Waals surface area contributed by atoms with Gasteiger partial charge in [0.05, 0.1) is 10.7 Å². The van der Waals surface area contributed by atoms with Crippen molar-refractivity contribution >= 4 is 11.3 Å². The Bertz CT molecular complexity index is 326. The van der Waals surface area contributed by atoms with Crippen molar-refractivity contribution in [1.82, 2.24) is 4.98 Å². The van der Waals surface area contributed by atoms with Crippen molar-refractivity contribution in [2.45, 2.75) is 52.0 Å². The van der Waals surface area contributed by atoms with E-state index in [0.29, 0.717) is 6.54 Å². The molecule has 1 aromatic heterocycles. The maximum Gasteiger partial charge on any atom is 0.0931 e. The summed E-state index contributed by atoms with van der Waals surface area (Å²) in [5, 5.41) is 1.30. The molecule has 1 aliphatic rings. The summed E-state index contributed by atoms with van der Waals surface area (Å²) in [5.41, 5.74) is 7.08.